The summed E-state index contributed by atoms with van der Waals surface area (Å²) in [6.07, 6.45) is 0. The number of thiazole rings is 1. The van der Waals surface area contributed by atoms with Crippen LogP contribution < -0.4 is 4.90 Å². The minimum absolute atomic E-state index is 0.858. The van der Waals surface area contributed by atoms with Crippen LogP contribution in [0, 0.1) is 0 Å². The minimum atomic E-state index is 0.858. The predicted molar refractivity (Wildman–Crippen MR) is 223 cm³/mol. The summed E-state index contributed by atoms with van der Waals surface area (Å²) >= 11 is 1.72. The first-order chi connectivity index (χ1) is 26.2. The molecule has 0 aliphatic rings. The van der Waals surface area contributed by atoms with Crippen molar-refractivity contribution < 1.29 is 4.42 Å². The Hall–Kier alpha value is -6.75. The number of aromatic nitrogens is 1. The molecule has 0 fully saturated rings. The number of nitrogens with zero attached hydrogens (tertiary/aromatic N) is 2. The summed E-state index contributed by atoms with van der Waals surface area (Å²) in [5.41, 5.74) is 14.1. The summed E-state index contributed by atoms with van der Waals surface area (Å²) in [5.74, 6) is 0. The van der Waals surface area contributed by atoms with E-state index in [1.54, 1.807) is 11.3 Å². The zero-order chi connectivity index (χ0) is 35.1. The Balaban J connectivity index is 0.986. The van der Waals surface area contributed by atoms with Crippen molar-refractivity contribution in [3.8, 4) is 44.0 Å². The maximum absolute atomic E-state index is 6.45. The minimum Gasteiger partial charge on any atom is -0.456 e. The van der Waals surface area contributed by atoms with Gasteiger partial charge in [-0.15, -0.1) is 11.3 Å². The Morgan fingerprint density at radius 3 is 1.34 bits per heavy atom. The predicted octanol–water partition coefficient (Wildman–Crippen LogP) is 14.3. The van der Waals surface area contributed by atoms with Crippen LogP contribution >= 0.6 is 11.3 Å². The quantitative estimate of drug-likeness (QED) is 0.166. The second-order valence-corrected chi connectivity index (χ2v) is 14.3. The van der Waals surface area contributed by atoms with E-state index in [0.29, 0.717) is 0 Å². The van der Waals surface area contributed by atoms with Crippen LogP contribution in [0.2, 0.25) is 0 Å². The Morgan fingerprint density at radius 2 is 0.811 bits per heavy atom. The van der Waals surface area contributed by atoms with Crippen LogP contribution in [0.5, 0.6) is 0 Å². The van der Waals surface area contributed by atoms with Gasteiger partial charge in [-0.2, -0.15) is 0 Å². The standard InChI is InChI=1S/C49H32N2OS/c1-4-10-33(11-5-1)35-16-23-40(24-17-35)51(41-25-18-36(19-26-41)34-12-6-2-7-13-34)42-27-20-37(21-28-42)39-22-29-43-44-31-48-45(32-47(44)52-46(43)30-39)50-49(53-48)38-14-8-3-9-15-38/h1-32H. The largest absolute Gasteiger partial charge is 0.456 e. The monoisotopic (exact) mass is 696 g/mol. The van der Waals surface area contributed by atoms with Crippen LogP contribution in [-0.4, -0.2) is 4.98 Å². The van der Waals surface area contributed by atoms with E-state index in [-0.39, 0.29) is 0 Å². The lowest BCUT2D eigenvalue weighted by atomic mass is 10.0. The SMILES string of the molecule is c1ccc(-c2ccc(N(c3ccc(-c4ccccc4)cc3)c3ccc(-c4ccc5c(c4)oc4cc6nc(-c7ccccc7)sc6cc45)cc3)cc2)cc1. The number of hydrogen-bond donors (Lipinski definition) is 0. The van der Waals surface area contributed by atoms with Gasteiger partial charge in [0, 0.05) is 39.5 Å². The lowest BCUT2D eigenvalue weighted by molar-refractivity contribution is 0.669. The van der Waals surface area contributed by atoms with E-state index in [9.17, 15) is 0 Å². The molecule has 250 valence electrons. The molecule has 0 aliphatic heterocycles. The zero-order valence-electron chi connectivity index (χ0n) is 28.7. The molecule has 0 atom stereocenters. The molecule has 10 aromatic rings. The number of benzene rings is 8. The molecule has 53 heavy (non-hydrogen) atoms. The highest BCUT2D eigenvalue weighted by Crippen LogP contribution is 2.40. The Bertz CT molecular complexity index is 2760. The molecule has 2 heterocycles. The van der Waals surface area contributed by atoms with Crippen molar-refractivity contribution in [1.29, 1.82) is 0 Å². The van der Waals surface area contributed by atoms with E-state index < -0.39 is 0 Å². The summed E-state index contributed by atoms with van der Waals surface area (Å²) in [7, 11) is 0. The van der Waals surface area contributed by atoms with Gasteiger partial charge >= 0.3 is 0 Å². The maximum Gasteiger partial charge on any atom is 0.137 e. The molecule has 0 N–H and O–H groups in total. The Labute approximate surface area is 311 Å². The molecule has 0 bridgehead atoms. The molecular weight excluding hydrogens is 665 g/mol. The van der Waals surface area contributed by atoms with Crippen LogP contribution in [0.15, 0.2) is 199 Å². The first kappa shape index (κ1) is 31.0. The van der Waals surface area contributed by atoms with Crippen molar-refractivity contribution in [3.63, 3.8) is 0 Å². The van der Waals surface area contributed by atoms with Crippen molar-refractivity contribution in [1.82, 2.24) is 4.98 Å². The van der Waals surface area contributed by atoms with Gasteiger partial charge < -0.3 is 9.32 Å². The molecule has 0 unspecified atom stereocenters. The molecule has 10 rings (SSSR count). The van der Waals surface area contributed by atoms with E-state index in [0.717, 1.165) is 70.9 Å². The highest BCUT2D eigenvalue weighted by atomic mass is 32.1. The molecule has 2 aromatic heterocycles. The lowest BCUT2D eigenvalue weighted by Crippen LogP contribution is -2.09. The molecule has 0 aliphatic carbocycles. The first-order valence-corrected chi connectivity index (χ1v) is 18.6. The van der Waals surface area contributed by atoms with Gasteiger partial charge in [0.05, 0.1) is 10.2 Å². The number of anilines is 3. The van der Waals surface area contributed by atoms with E-state index in [1.165, 1.54) is 22.3 Å². The third-order valence-corrected chi connectivity index (χ3v) is 11.0. The average Bonchev–Trinajstić information content (AvgIpc) is 3.82. The van der Waals surface area contributed by atoms with Gasteiger partial charge in [0.1, 0.15) is 16.2 Å². The van der Waals surface area contributed by atoms with E-state index in [4.69, 9.17) is 9.40 Å². The topological polar surface area (TPSA) is 29.3 Å². The molecule has 3 nitrogen and oxygen atoms in total. The van der Waals surface area contributed by atoms with Gasteiger partial charge in [-0.3, -0.25) is 0 Å². The number of hydrogen-bond acceptors (Lipinski definition) is 4. The number of rotatable bonds is 7. The number of furan rings is 1. The summed E-state index contributed by atoms with van der Waals surface area (Å²) in [5, 5.41) is 3.25. The summed E-state index contributed by atoms with van der Waals surface area (Å²) in [6, 6.07) is 68.7. The van der Waals surface area contributed by atoms with Crippen LogP contribution in [0.25, 0.3) is 76.1 Å². The Kier molecular flexibility index (Phi) is 7.67. The second kappa shape index (κ2) is 13.1. The van der Waals surface area contributed by atoms with Gasteiger partial charge in [0.15, 0.2) is 0 Å². The number of fused-ring (bicyclic) bond motifs is 4. The van der Waals surface area contributed by atoms with Crippen molar-refractivity contribution >= 4 is 60.6 Å². The van der Waals surface area contributed by atoms with E-state index >= 15 is 0 Å². The summed E-state index contributed by atoms with van der Waals surface area (Å²) in [4.78, 5) is 7.24. The van der Waals surface area contributed by atoms with Crippen molar-refractivity contribution in [2.75, 3.05) is 4.90 Å². The molecule has 4 heteroatoms. The molecule has 0 saturated carbocycles. The third-order valence-electron chi connectivity index (χ3n) is 9.93. The Morgan fingerprint density at radius 1 is 0.377 bits per heavy atom. The fraction of sp³-hybridized carbons (Fsp3) is 0. The second-order valence-electron chi connectivity index (χ2n) is 13.2. The van der Waals surface area contributed by atoms with Gasteiger partial charge in [-0.25, -0.2) is 4.98 Å². The third kappa shape index (κ3) is 5.85. The molecule has 0 saturated heterocycles. The fourth-order valence-electron chi connectivity index (χ4n) is 7.20. The molecule has 8 aromatic carbocycles. The average molecular weight is 697 g/mol. The van der Waals surface area contributed by atoms with Gasteiger partial charge in [-0.05, 0) is 88.0 Å². The summed E-state index contributed by atoms with van der Waals surface area (Å²) in [6.45, 7) is 0. The molecule has 0 amide bonds. The highest BCUT2D eigenvalue weighted by Gasteiger charge is 2.16. The summed E-state index contributed by atoms with van der Waals surface area (Å²) < 4.78 is 7.61. The van der Waals surface area contributed by atoms with Crippen LogP contribution in [0.4, 0.5) is 17.1 Å². The lowest BCUT2D eigenvalue weighted by Gasteiger charge is -2.26. The zero-order valence-corrected chi connectivity index (χ0v) is 29.5. The molecular formula is C49H32N2OS. The smallest absolute Gasteiger partial charge is 0.137 e. The van der Waals surface area contributed by atoms with Crippen molar-refractivity contribution in [2.45, 2.75) is 0 Å². The van der Waals surface area contributed by atoms with Crippen molar-refractivity contribution in [3.05, 3.63) is 194 Å². The first-order valence-electron chi connectivity index (χ1n) is 17.8. The fourth-order valence-corrected chi connectivity index (χ4v) is 8.19. The van der Waals surface area contributed by atoms with Crippen LogP contribution in [-0.2, 0) is 0 Å². The van der Waals surface area contributed by atoms with Gasteiger partial charge in [0.25, 0.3) is 0 Å². The van der Waals surface area contributed by atoms with Gasteiger partial charge in [0.2, 0.25) is 0 Å². The van der Waals surface area contributed by atoms with Crippen LogP contribution in [0.1, 0.15) is 0 Å². The van der Waals surface area contributed by atoms with E-state index in [2.05, 4.69) is 193 Å². The highest BCUT2D eigenvalue weighted by molar-refractivity contribution is 7.21. The van der Waals surface area contributed by atoms with Crippen LogP contribution in [0.3, 0.4) is 0 Å². The van der Waals surface area contributed by atoms with Gasteiger partial charge in [-0.1, -0.05) is 133 Å². The maximum atomic E-state index is 6.45. The van der Waals surface area contributed by atoms with Crippen molar-refractivity contribution in [2.24, 2.45) is 0 Å². The normalized spacial score (nSPS) is 11.4. The molecule has 0 radical (unpaired) electrons. The molecule has 0 spiro atoms. The van der Waals surface area contributed by atoms with E-state index in [1.807, 2.05) is 6.07 Å².